The standard InChI is InChI=1S/C13H22F3NO2/c1-2-17-11(13(14,15)16)10-3-6-19-12(9-10)4-7-18-8-5-12/h10-11,17H,2-9H2,1H3. The first-order valence-electron chi connectivity index (χ1n) is 6.99. The summed E-state index contributed by atoms with van der Waals surface area (Å²) in [5, 5.41) is 2.60. The van der Waals surface area contributed by atoms with Gasteiger partial charge in [-0.1, -0.05) is 6.92 Å². The molecule has 2 rings (SSSR count). The maximum absolute atomic E-state index is 13.1. The second-order valence-electron chi connectivity index (χ2n) is 5.47. The predicted molar refractivity (Wildman–Crippen MR) is 65.0 cm³/mol. The van der Waals surface area contributed by atoms with Gasteiger partial charge in [0.25, 0.3) is 0 Å². The molecule has 2 saturated heterocycles. The lowest BCUT2D eigenvalue weighted by atomic mass is 9.77. The van der Waals surface area contributed by atoms with E-state index in [9.17, 15) is 13.2 Å². The molecule has 2 aliphatic heterocycles. The Hall–Kier alpha value is -0.330. The molecule has 2 unspecified atom stereocenters. The van der Waals surface area contributed by atoms with Crippen LogP contribution in [-0.4, -0.2) is 44.2 Å². The predicted octanol–water partition coefficient (Wildman–Crippen LogP) is 2.50. The Kier molecular flexibility index (Phi) is 4.74. The molecule has 0 aromatic rings. The van der Waals surface area contributed by atoms with Gasteiger partial charge in [-0.3, -0.25) is 0 Å². The van der Waals surface area contributed by atoms with Crippen LogP contribution in [0.15, 0.2) is 0 Å². The number of alkyl halides is 3. The molecule has 2 heterocycles. The van der Waals surface area contributed by atoms with Crippen molar-refractivity contribution in [3.8, 4) is 0 Å². The summed E-state index contributed by atoms with van der Waals surface area (Å²) >= 11 is 0. The molecular weight excluding hydrogens is 259 g/mol. The summed E-state index contributed by atoms with van der Waals surface area (Å²) in [7, 11) is 0. The first kappa shape index (κ1) is 15.1. The van der Waals surface area contributed by atoms with Gasteiger partial charge in [0.15, 0.2) is 0 Å². The third-order valence-electron chi connectivity index (χ3n) is 4.18. The number of rotatable bonds is 3. The Balaban J connectivity index is 2.06. The van der Waals surface area contributed by atoms with E-state index in [1.54, 1.807) is 6.92 Å². The van der Waals surface area contributed by atoms with Gasteiger partial charge >= 0.3 is 6.18 Å². The van der Waals surface area contributed by atoms with Gasteiger partial charge in [-0.15, -0.1) is 0 Å². The van der Waals surface area contributed by atoms with Crippen molar-refractivity contribution in [2.45, 2.75) is 50.4 Å². The number of hydrogen-bond acceptors (Lipinski definition) is 3. The molecule has 1 spiro atoms. The highest BCUT2D eigenvalue weighted by Gasteiger charge is 2.49. The fourth-order valence-corrected chi connectivity index (χ4v) is 3.21. The van der Waals surface area contributed by atoms with E-state index in [-0.39, 0.29) is 5.60 Å². The first-order valence-corrected chi connectivity index (χ1v) is 6.99. The molecule has 0 bridgehead atoms. The molecule has 0 amide bonds. The maximum Gasteiger partial charge on any atom is 0.404 e. The van der Waals surface area contributed by atoms with Gasteiger partial charge in [-0.05, 0) is 38.1 Å². The monoisotopic (exact) mass is 281 g/mol. The van der Waals surface area contributed by atoms with Crippen molar-refractivity contribution in [2.24, 2.45) is 5.92 Å². The third-order valence-corrected chi connectivity index (χ3v) is 4.18. The lowest BCUT2D eigenvalue weighted by Crippen LogP contribution is -2.54. The highest BCUT2D eigenvalue weighted by atomic mass is 19.4. The maximum atomic E-state index is 13.1. The van der Waals surface area contributed by atoms with E-state index in [1.807, 2.05) is 0 Å². The average Bonchev–Trinajstić information content (AvgIpc) is 2.35. The third kappa shape index (κ3) is 3.61. The van der Waals surface area contributed by atoms with Gasteiger partial charge in [0.05, 0.1) is 5.60 Å². The van der Waals surface area contributed by atoms with Crippen LogP contribution in [0.1, 0.15) is 32.6 Å². The molecule has 2 aliphatic rings. The van der Waals surface area contributed by atoms with Crippen LogP contribution in [0.25, 0.3) is 0 Å². The highest BCUT2D eigenvalue weighted by molar-refractivity contribution is 4.94. The zero-order chi connectivity index (χ0) is 13.9. The van der Waals surface area contributed by atoms with Crippen molar-refractivity contribution in [2.75, 3.05) is 26.4 Å². The second-order valence-corrected chi connectivity index (χ2v) is 5.47. The summed E-state index contributed by atoms with van der Waals surface area (Å²) in [5.74, 6) is -0.396. The van der Waals surface area contributed by atoms with E-state index in [2.05, 4.69) is 5.32 Å². The highest BCUT2D eigenvalue weighted by Crippen LogP contribution is 2.41. The van der Waals surface area contributed by atoms with Crippen LogP contribution in [-0.2, 0) is 9.47 Å². The lowest BCUT2D eigenvalue weighted by Gasteiger charge is -2.45. The molecule has 2 fully saturated rings. The Morgan fingerprint density at radius 2 is 1.95 bits per heavy atom. The topological polar surface area (TPSA) is 30.5 Å². The van der Waals surface area contributed by atoms with Crippen molar-refractivity contribution in [3.63, 3.8) is 0 Å². The van der Waals surface area contributed by atoms with Crippen LogP contribution in [0, 0.1) is 5.92 Å². The number of nitrogens with one attached hydrogen (secondary N) is 1. The quantitative estimate of drug-likeness (QED) is 0.862. The van der Waals surface area contributed by atoms with E-state index in [0.29, 0.717) is 52.0 Å². The SMILES string of the molecule is CCNC(C1CCOC2(CCOCC2)C1)C(F)(F)F. The molecule has 2 atom stereocenters. The Morgan fingerprint density at radius 3 is 2.53 bits per heavy atom. The van der Waals surface area contributed by atoms with Gasteiger partial charge in [-0.25, -0.2) is 0 Å². The van der Waals surface area contributed by atoms with Crippen LogP contribution >= 0.6 is 0 Å². The first-order chi connectivity index (χ1) is 8.97. The van der Waals surface area contributed by atoms with Crippen LogP contribution in [0.5, 0.6) is 0 Å². The number of halogens is 3. The van der Waals surface area contributed by atoms with Crippen LogP contribution in [0.4, 0.5) is 13.2 Å². The molecule has 112 valence electrons. The summed E-state index contributed by atoms with van der Waals surface area (Å²) in [5.41, 5.74) is -0.389. The normalized spacial score (nSPS) is 29.4. The smallest absolute Gasteiger partial charge is 0.381 e. The molecule has 3 nitrogen and oxygen atoms in total. The number of hydrogen-bond donors (Lipinski definition) is 1. The van der Waals surface area contributed by atoms with Crippen molar-refractivity contribution < 1.29 is 22.6 Å². The molecule has 0 radical (unpaired) electrons. The summed E-state index contributed by atoms with van der Waals surface area (Å²) in [4.78, 5) is 0. The molecule has 0 aromatic heterocycles. The Labute approximate surface area is 111 Å². The summed E-state index contributed by atoms with van der Waals surface area (Å²) in [6, 6.07) is -1.42. The minimum absolute atomic E-state index is 0.331. The van der Waals surface area contributed by atoms with E-state index < -0.39 is 18.1 Å². The van der Waals surface area contributed by atoms with Crippen molar-refractivity contribution in [1.82, 2.24) is 5.32 Å². The van der Waals surface area contributed by atoms with Crippen molar-refractivity contribution in [1.29, 1.82) is 0 Å². The molecule has 0 saturated carbocycles. The molecule has 0 aliphatic carbocycles. The molecule has 6 heteroatoms. The van der Waals surface area contributed by atoms with E-state index in [4.69, 9.17) is 9.47 Å². The lowest BCUT2D eigenvalue weighted by molar-refractivity contribution is -0.197. The summed E-state index contributed by atoms with van der Waals surface area (Å²) in [6.07, 6.45) is -1.82. The van der Waals surface area contributed by atoms with Gasteiger partial charge in [0.2, 0.25) is 0 Å². The van der Waals surface area contributed by atoms with E-state index in [0.717, 1.165) is 0 Å². The second kappa shape index (κ2) is 5.97. The minimum atomic E-state index is -4.19. The van der Waals surface area contributed by atoms with Gasteiger partial charge in [0.1, 0.15) is 6.04 Å². The molecular formula is C13H22F3NO2. The molecule has 19 heavy (non-hydrogen) atoms. The van der Waals surface area contributed by atoms with Gasteiger partial charge in [-0.2, -0.15) is 13.2 Å². The fourth-order valence-electron chi connectivity index (χ4n) is 3.21. The fraction of sp³-hybridized carbons (Fsp3) is 1.00. The van der Waals surface area contributed by atoms with E-state index in [1.165, 1.54) is 0 Å². The van der Waals surface area contributed by atoms with Crippen LogP contribution in [0.3, 0.4) is 0 Å². The van der Waals surface area contributed by atoms with E-state index >= 15 is 0 Å². The molecule has 1 N–H and O–H groups in total. The Morgan fingerprint density at radius 1 is 1.26 bits per heavy atom. The average molecular weight is 281 g/mol. The van der Waals surface area contributed by atoms with Crippen molar-refractivity contribution in [3.05, 3.63) is 0 Å². The largest absolute Gasteiger partial charge is 0.404 e. The zero-order valence-electron chi connectivity index (χ0n) is 11.3. The minimum Gasteiger partial charge on any atom is -0.381 e. The summed E-state index contributed by atoms with van der Waals surface area (Å²) < 4.78 is 50.4. The molecule has 0 aromatic carbocycles. The van der Waals surface area contributed by atoms with Gasteiger partial charge in [0, 0.05) is 19.8 Å². The zero-order valence-corrected chi connectivity index (χ0v) is 11.3. The summed E-state index contributed by atoms with van der Waals surface area (Å²) in [6.45, 7) is 3.64. The van der Waals surface area contributed by atoms with Crippen LogP contribution < -0.4 is 5.32 Å². The van der Waals surface area contributed by atoms with Crippen molar-refractivity contribution >= 4 is 0 Å². The number of ether oxygens (including phenoxy) is 2. The van der Waals surface area contributed by atoms with Crippen LogP contribution in [0.2, 0.25) is 0 Å². The Bertz CT molecular complexity index is 285. The van der Waals surface area contributed by atoms with Gasteiger partial charge < -0.3 is 14.8 Å².